The summed E-state index contributed by atoms with van der Waals surface area (Å²) in [6, 6.07) is 15.3. The molecule has 0 fully saturated rings. The molecule has 134 valence electrons. The standard InChI is InChI=1S/C20H25NO4/c1-20(2,3)25-19(23)21-13-17(22)15-11-9-14(10-12-15)16-7-5-6-8-18(16)24-4/h5-12,17,22H,13H2,1-4H3,(H,21,23). The van der Waals surface area contributed by atoms with Crippen molar-refractivity contribution in [1.82, 2.24) is 5.32 Å². The van der Waals surface area contributed by atoms with Gasteiger partial charge in [0.05, 0.1) is 19.8 Å². The van der Waals surface area contributed by atoms with Gasteiger partial charge in [-0.2, -0.15) is 0 Å². The summed E-state index contributed by atoms with van der Waals surface area (Å²) in [4.78, 5) is 11.6. The summed E-state index contributed by atoms with van der Waals surface area (Å²) in [5.74, 6) is 0.794. The maximum absolute atomic E-state index is 11.6. The minimum Gasteiger partial charge on any atom is -0.496 e. The molecule has 0 saturated carbocycles. The lowest BCUT2D eigenvalue weighted by molar-refractivity contribution is 0.0492. The van der Waals surface area contributed by atoms with E-state index in [0.717, 1.165) is 22.4 Å². The highest BCUT2D eigenvalue weighted by Crippen LogP contribution is 2.30. The van der Waals surface area contributed by atoms with E-state index in [9.17, 15) is 9.90 Å². The topological polar surface area (TPSA) is 67.8 Å². The molecule has 1 amide bonds. The number of para-hydroxylation sites is 1. The lowest BCUT2D eigenvalue weighted by atomic mass is 10.0. The van der Waals surface area contributed by atoms with Gasteiger partial charge in [-0.15, -0.1) is 0 Å². The van der Waals surface area contributed by atoms with Crippen molar-refractivity contribution in [3.63, 3.8) is 0 Å². The average molecular weight is 343 g/mol. The molecule has 2 aromatic carbocycles. The van der Waals surface area contributed by atoms with Gasteiger partial charge in [0.25, 0.3) is 0 Å². The largest absolute Gasteiger partial charge is 0.496 e. The third-order valence-electron chi connectivity index (χ3n) is 3.55. The molecular formula is C20H25NO4. The molecule has 0 aliphatic rings. The van der Waals surface area contributed by atoms with Gasteiger partial charge in [-0.3, -0.25) is 0 Å². The molecule has 1 unspecified atom stereocenters. The second-order valence-corrected chi connectivity index (χ2v) is 6.72. The third-order valence-corrected chi connectivity index (χ3v) is 3.55. The summed E-state index contributed by atoms with van der Waals surface area (Å²) in [6.45, 7) is 5.46. The number of carbonyl (C=O) groups excluding carboxylic acids is 1. The van der Waals surface area contributed by atoms with Gasteiger partial charge in [0.1, 0.15) is 11.4 Å². The quantitative estimate of drug-likeness (QED) is 0.863. The number of nitrogens with one attached hydrogen (secondary N) is 1. The first-order chi connectivity index (χ1) is 11.8. The minimum atomic E-state index is -0.806. The molecule has 0 aromatic heterocycles. The molecule has 5 heteroatoms. The lowest BCUT2D eigenvalue weighted by Crippen LogP contribution is -2.34. The van der Waals surface area contributed by atoms with E-state index in [4.69, 9.17) is 9.47 Å². The summed E-state index contributed by atoms with van der Waals surface area (Å²) in [5, 5.41) is 12.8. The van der Waals surface area contributed by atoms with E-state index < -0.39 is 17.8 Å². The Morgan fingerprint density at radius 1 is 1.12 bits per heavy atom. The van der Waals surface area contributed by atoms with E-state index in [2.05, 4.69) is 5.32 Å². The van der Waals surface area contributed by atoms with Crippen LogP contribution in [0, 0.1) is 0 Å². The van der Waals surface area contributed by atoms with Crippen molar-refractivity contribution in [2.75, 3.05) is 13.7 Å². The van der Waals surface area contributed by atoms with Gasteiger partial charge in [0.15, 0.2) is 0 Å². The minimum absolute atomic E-state index is 0.0862. The Kier molecular flexibility index (Phi) is 6.04. The van der Waals surface area contributed by atoms with Gasteiger partial charge in [-0.1, -0.05) is 42.5 Å². The van der Waals surface area contributed by atoms with Gasteiger partial charge in [0, 0.05) is 5.56 Å². The first kappa shape index (κ1) is 18.8. The number of aliphatic hydroxyl groups excluding tert-OH is 1. The van der Waals surface area contributed by atoms with Crippen molar-refractivity contribution in [2.45, 2.75) is 32.5 Å². The fourth-order valence-electron chi connectivity index (χ4n) is 2.38. The van der Waals surface area contributed by atoms with Gasteiger partial charge in [0.2, 0.25) is 0 Å². The Balaban J connectivity index is 2.01. The van der Waals surface area contributed by atoms with E-state index in [0.29, 0.717) is 0 Å². The molecule has 2 N–H and O–H groups in total. The molecular weight excluding hydrogens is 318 g/mol. The molecule has 25 heavy (non-hydrogen) atoms. The predicted octanol–water partition coefficient (Wildman–Crippen LogP) is 3.92. The maximum Gasteiger partial charge on any atom is 0.407 e. The molecule has 0 saturated heterocycles. The van der Waals surface area contributed by atoms with E-state index in [1.807, 2.05) is 48.5 Å². The van der Waals surface area contributed by atoms with E-state index in [1.165, 1.54) is 0 Å². The molecule has 2 rings (SSSR count). The number of benzene rings is 2. The number of hydrogen-bond donors (Lipinski definition) is 2. The van der Waals surface area contributed by atoms with Gasteiger partial charge < -0.3 is 19.9 Å². The monoisotopic (exact) mass is 343 g/mol. The molecule has 0 heterocycles. The normalized spacial score (nSPS) is 12.4. The fourth-order valence-corrected chi connectivity index (χ4v) is 2.38. The van der Waals surface area contributed by atoms with E-state index in [1.54, 1.807) is 27.9 Å². The van der Waals surface area contributed by atoms with E-state index >= 15 is 0 Å². The molecule has 2 aromatic rings. The zero-order valence-electron chi connectivity index (χ0n) is 15.1. The fraction of sp³-hybridized carbons (Fsp3) is 0.350. The zero-order chi connectivity index (χ0) is 18.4. The molecule has 1 atom stereocenters. The third kappa shape index (κ3) is 5.50. The molecule has 0 aliphatic heterocycles. The Hall–Kier alpha value is -2.53. The Morgan fingerprint density at radius 2 is 1.76 bits per heavy atom. The van der Waals surface area contributed by atoms with Crippen LogP contribution in [0.5, 0.6) is 5.75 Å². The summed E-state index contributed by atoms with van der Waals surface area (Å²) in [7, 11) is 1.64. The molecule has 0 radical (unpaired) electrons. The van der Waals surface area contributed by atoms with Gasteiger partial charge in [-0.05, 0) is 38.0 Å². The van der Waals surface area contributed by atoms with Crippen molar-refractivity contribution in [1.29, 1.82) is 0 Å². The van der Waals surface area contributed by atoms with Gasteiger partial charge in [-0.25, -0.2) is 4.79 Å². The van der Waals surface area contributed by atoms with Crippen LogP contribution in [0.1, 0.15) is 32.4 Å². The van der Waals surface area contributed by atoms with Gasteiger partial charge >= 0.3 is 6.09 Å². The first-order valence-electron chi connectivity index (χ1n) is 8.18. The van der Waals surface area contributed by atoms with Crippen LogP contribution in [0.25, 0.3) is 11.1 Å². The highest BCUT2D eigenvalue weighted by molar-refractivity contribution is 5.70. The van der Waals surface area contributed by atoms with Crippen molar-refractivity contribution < 1.29 is 19.4 Å². The number of carbonyl (C=O) groups is 1. The molecule has 5 nitrogen and oxygen atoms in total. The van der Waals surface area contributed by atoms with Crippen LogP contribution >= 0.6 is 0 Å². The number of amides is 1. The van der Waals surface area contributed by atoms with Crippen LogP contribution in [0.4, 0.5) is 4.79 Å². The van der Waals surface area contributed by atoms with Crippen molar-refractivity contribution >= 4 is 6.09 Å². The number of alkyl carbamates (subject to hydrolysis) is 1. The molecule has 0 spiro atoms. The van der Waals surface area contributed by atoms with Crippen molar-refractivity contribution in [2.24, 2.45) is 0 Å². The highest BCUT2D eigenvalue weighted by atomic mass is 16.6. The average Bonchev–Trinajstić information content (AvgIpc) is 2.58. The van der Waals surface area contributed by atoms with Crippen LogP contribution in [0.15, 0.2) is 48.5 Å². The number of hydrogen-bond acceptors (Lipinski definition) is 4. The Labute approximate surface area is 148 Å². The van der Waals surface area contributed by atoms with Crippen molar-refractivity contribution in [3.05, 3.63) is 54.1 Å². The van der Waals surface area contributed by atoms with E-state index in [-0.39, 0.29) is 6.54 Å². The summed E-state index contributed by atoms with van der Waals surface area (Å²) < 4.78 is 10.5. The first-order valence-corrected chi connectivity index (χ1v) is 8.18. The SMILES string of the molecule is COc1ccccc1-c1ccc(C(O)CNC(=O)OC(C)(C)C)cc1. The van der Waals surface area contributed by atoms with Crippen LogP contribution in [-0.4, -0.2) is 30.5 Å². The highest BCUT2D eigenvalue weighted by Gasteiger charge is 2.17. The zero-order valence-corrected chi connectivity index (χ0v) is 15.1. The number of ether oxygens (including phenoxy) is 2. The van der Waals surface area contributed by atoms with Crippen LogP contribution < -0.4 is 10.1 Å². The second kappa shape index (κ2) is 8.03. The predicted molar refractivity (Wildman–Crippen MR) is 97.6 cm³/mol. The smallest absolute Gasteiger partial charge is 0.407 e. The van der Waals surface area contributed by atoms with Crippen LogP contribution in [-0.2, 0) is 4.74 Å². The molecule has 0 bridgehead atoms. The van der Waals surface area contributed by atoms with Crippen molar-refractivity contribution in [3.8, 4) is 16.9 Å². The van der Waals surface area contributed by atoms with Crippen LogP contribution in [0.3, 0.4) is 0 Å². The summed E-state index contributed by atoms with van der Waals surface area (Å²) in [6.07, 6.45) is -1.35. The summed E-state index contributed by atoms with van der Waals surface area (Å²) in [5.41, 5.74) is 2.13. The Bertz CT molecular complexity index is 704. The molecule has 0 aliphatic carbocycles. The number of rotatable bonds is 5. The number of methoxy groups -OCH3 is 1. The van der Waals surface area contributed by atoms with Crippen LogP contribution in [0.2, 0.25) is 0 Å². The number of aliphatic hydroxyl groups is 1. The summed E-state index contributed by atoms with van der Waals surface area (Å²) >= 11 is 0. The second-order valence-electron chi connectivity index (χ2n) is 6.72. The Morgan fingerprint density at radius 3 is 2.36 bits per heavy atom. The maximum atomic E-state index is 11.6. The lowest BCUT2D eigenvalue weighted by Gasteiger charge is -2.20.